The van der Waals surface area contributed by atoms with Crippen molar-refractivity contribution in [3.63, 3.8) is 0 Å². The molecule has 0 unspecified atom stereocenters. The summed E-state index contributed by atoms with van der Waals surface area (Å²) in [6, 6.07) is 22.1. The highest BCUT2D eigenvalue weighted by Crippen LogP contribution is 2.22. The van der Waals surface area contributed by atoms with Gasteiger partial charge in [0.1, 0.15) is 12.2 Å². The molecular weight excluding hydrogens is 380 g/mol. The van der Waals surface area contributed by atoms with E-state index < -0.39 is 5.91 Å². The Morgan fingerprint density at radius 3 is 2.43 bits per heavy atom. The number of aryl methyl sites for hydroxylation is 1. The minimum atomic E-state index is -0.432. The van der Waals surface area contributed by atoms with Crippen LogP contribution in [0.2, 0.25) is 0 Å². The normalized spacial score (nSPS) is 10.7. The summed E-state index contributed by atoms with van der Waals surface area (Å²) in [6.07, 6.45) is 0.958. The van der Waals surface area contributed by atoms with Gasteiger partial charge in [0.15, 0.2) is 0 Å². The molecule has 150 valence electrons. The summed E-state index contributed by atoms with van der Waals surface area (Å²) in [6.45, 7) is 1.86. The van der Waals surface area contributed by atoms with Crippen molar-refractivity contribution in [1.82, 2.24) is 14.9 Å². The van der Waals surface area contributed by atoms with Crippen LogP contribution >= 0.6 is 0 Å². The number of anilines is 1. The quantitative estimate of drug-likeness (QED) is 0.532. The van der Waals surface area contributed by atoms with E-state index in [2.05, 4.69) is 22.5 Å². The van der Waals surface area contributed by atoms with E-state index >= 15 is 0 Å². The van der Waals surface area contributed by atoms with Crippen molar-refractivity contribution in [2.24, 2.45) is 0 Å². The molecule has 0 aliphatic carbocycles. The van der Waals surface area contributed by atoms with Gasteiger partial charge in [-0.1, -0.05) is 66.7 Å². The summed E-state index contributed by atoms with van der Waals surface area (Å²) < 4.78 is 6.34. The van der Waals surface area contributed by atoms with Gasteiger partial charge in [0.2, 0.25) is 11.8 Å². The number of carbonyl (C=O) groups excluding carboxylic acids is 1. The maximum absolute atomic E-state index is 12.4. The molecule has 2 aromatic carbocycles. The number of hydrogen-bond donors (Lipinski definition) is 1. The number of carbonyl (C=O) groups is 1. The summed E-state index contributed by atoms with van der Waals surface area (Å²) in [5, 5.41) is 10.9. The van der Waals surface area contributed by atoms with Crippen LogP contribution in [0.25, 0.3) is 22.5 Å². The predicted molar refractivity (Wildman–Crippen MR) is 114 cm³/mol. The number of amides is 1. The van der Waals surface area contributed by atoms with Gasteiger partial charge < -0.3 is 4.52 Å². The van der Waals surface area contributed by atoms with E-state index in [1.165, 1.54) is 11.6 Å². The lowest BCUT2D eigenvalue weighted by Crippen LogP contribution is -2.29. The second-order valence-corrected chi connectivity index (χ2v) is 6.76. The molecule has 30 heavy (non-hydrogen) atoms. The van der Waals surface area contributed by atoms with Crippen LogP contribution in [0.3, 0.4) is 0 Å². The molecule has 0 atom stereocenters. The standard InChI is InChI=1S/C23H20N4O3/c1-2-16-8-10-18(11-9-16)20-14-22(30-26-20)24-21(28)15-27-23(29)13-12-19(25-27)17-6-4-3-5-7-17/h3-14H,2,15H2,1H3,(H,24,28). The third-order valence-corrected chi connectivity index (χ3v) is 4.66. The molecule has 4 aromatic rings. The topological polar surface area (TPSA) is 90.0 Å². The van der Waals surface area contributed by atoms with Gasteiger partial charge in [-0.05, 0) is 18.1 Å². The molecule has 7 heteroatoms. The van der Waals surface area contributed by atoms with E-state index in [1.54, 1.807) is 12.1 Å². The molecule has 4 rings (SSSR count). The number of benzene rings is 2. The second-order valence-electron chi connectivity index (χ2n) is 6.76. The molecule has 0 saturated heterocycles. The van der Waals surface area contributed by atoms with Crippen LogP contribution < -0.4 is 10.9 Å². The first kappa shape index (κ1) is 19.3. The molecule has 0 saturated carbocycles. The van der Waals surface area contributed by atoms with Crippen molar-refractivity contribution < 1.29 is 9.32 Å². The third kappa shape index (κ3) is 4.35. The molecule has 1 N–H and O–H groups in total. The van der Waals surface area contributed by atoms with Gasteiger partial charge in [0.25, 0.3) is 5.56 Å². The fourth-order valence-corrected chi connectivity index (χ4v) is 3.02. The molecular formula is C23H20N4O3. The molecule has 0 spiro atoms. The molecule has 0 radical (unpaired) electrons. The van der Waals surface area contributed by atoms with Crippen LogP contribution in [0.1, 0.15) is 12.5 Å². The fourth-order valence-electron chi connectivity index (χ4n) is 3.02. The van der Waals surface area contributed by atoms with Crippen LogP contribution in [0, 0.1) is 0 Å². The molecule has 0 aliphatic rings. The number of hydrogen-bond acceptors (Lipinski definition) is 5. The molecule has 0 aliphatic heterocycles. The van der Waals surface area contributed by atoms with Gasteiger partial charge in [-0.25, -0.2) is 4.68 Å². The average molecular weight is 400 g/mol. The lowest BCUT2D eigenvalue weighted by atomic mass is 10.1. The molecule has 0 bridgehead atoms. The van der Waals surface area contributed by atoms with E-state index in [0.29, 0.717) is 11.4 Å². The van der Waals surface area contributed by atoms with Gasteiger partial charge >= 0.3 is 0 Å². The van der Waals surface area contributed by atoms with Gasteiger partial charge in [-0.2, -0.15) is 5.10 Å². The third-order valence-electron chi connectivity index (χ3n) is 4.66. The van der Waals surface area contributed by atoms with E-state index in [9.17, 15) is 9.59 Å². The first-order valence-electron chi connectivity index (χ1n) is 9.62. The van der Waals surface area contributed by atoms with Crippen molar-refractivity contribution in [3.8, 4) is 22.5 Å². The van der Waals surface area contributed by atoms with Crippen LogP contribution in [0.4, 0.5) is 5.88 Å². The monoisotopic (exact) mass is 400 g/mol. The number of aromatic nitrogens is 3. The smallest absolute Gasteiger partial charge is 0.267 e. The molecule has 1 amide bonds. The highest BCUT2D eigenvalue weighted by molar-refractivity contribution is 5.89. The average Bonchev–Trinajstić information content (AvgIpc) is 3.24. The minimum absolute atomic E-state index is 0.210. The number of nitrogens with zero attached hydrogens (tertiary/aromatic N) is 3. The minimum Gasteiger partial charge on any atom is -0.338 e. The fraction of sp³-hybridized carbons (Fsp3) is 0.130. The summed E-state index contributed by atoms with van der Waals surface area (Å²) in [5.41, 5.74) is 3.85. The van der Waals surface area contributed by atoms with Gasteiger partial charge in [-0.15, -0.1) is 0 Å². The van der Waals surface area contributed by atoms with E-state index in [0.717, 1.165) is 22.2 Å². The van der Waals surface area contributed by atoms with Gasteiger partial charge in [0, 0.05) is 23.3 Å². The van der Waals surface area contributed by atoms with Crippen LogP contribution in [0.5, 0.6) is 0 Å². The molecule has 7 nitrogen and oxygen atoms in total. The van der Waals surface area contributed by atoms with E-state index in [4.69, 9.17) is 4.52 Å². The largest absolute Gasteiger partial charge is 0.338 e. The zero-order valence-corrected chi connectivity index (χ0v) is 16.4. The first-order chi connectivity index (χ1) is 14.6. The SMILES string of the molecule is CCc1ccc(-c2cc(NC(=O)Cn3nc(-c4ccccc4)ccc3=O)on2)cc1. The van der Waals surface area contributed by atoms with Crippen molar-refractivity contribution in [3.05, 3.63) is 88.7 Å². The molecule has 2 aromatic heterocycles. The van der Waals surface area contributed by atoms with Crippen LogP contribution in [0.15, 0.2) is 82.1 Å². The maximum Gasteiger partial charge on any atom is 0.267 e. The Morgan fingerprint density at radius 1 is 0.967 bits per heavy atom. The first-order valence-corrected chi connectivity index (χ1v) is 9.62. The molecule has 2 heterocycles. The summed E-state index contributed by atoms with van der Waals surface area (Å²) in [7, 11) is 0. The Morgan fingerprint density at radius 2 is 1.70 bits per heavy atom. The highest BCUT2D eigenvalue weighted by Gasteiger charge is 2.12. The van der Waals surface area contributed by atoms with Crippen molar-refractivity contribution in [2.75, 3.05) is 5.32 Å². The number of nitrogens with one attached hydrogen (secondary N) is 1. The highest BCUT2D eigenvalue weighted by atomic mass is 16.5. The maximum atomic E-state index is 12.4. The Hall–Kier alpha value is -4.00. The van der Waals surface area contributed by atoms with Gasteiger partial charge in [-0.3, -0.25) is 14.9 Å². The van der Waals surface area contributed by atoms with Crippen molar-refractivity contribution >= 4 is 11.8 Å². The molecule has 0 fully saturated rings. The van der Waals surface area contributed by atoms with Crippen LogP contribution in [-0.2, 0) is 17.8 Å². The zero-order valence-electron chi connectivity index (χ0n) is 16.4. The lowest BCUT2D eigenvalue weighted by Gasteiger charge is -2.06. The predicted octanol–water partition coefficient (Wildman–Crippen LogP) is 3.77. The zero-order chi connectivity index (χ0) is 20.9. The Kier molecular flexibility index (Phi) is 5.52. The van der Waals surface area contributed by atoms with Crippen LogP contribution in [-0.4, -0.2) is 20.8 Å². The summed E-state index contributed by atoms with van der Waals surface area (Å²) >= 11 is 0. The summed E-state index contributed by atoms with van der Waals surface area (Å²) in [4.78, 5) is 24.5. The van der Waals surface area contributed by atoms with Gasteiger partial charge in [0.05, 0.1) is 5.69 Å². The second kappa shape index (κ2) is 8.57. The number of rotatable bonds is 6. The van der Waals surface area contributed by atoms with E-state index in [-0.39, 0.29) is 18.0 Å². The van der Waals surface area contributed by atoms with E-state index in [1.807, 2.05) is 54.6 Å². The Labute approximate surface area is 173 Å². The Balaban J connectivity index is 1.46. The summed E-state index contributed by atoms with van der Waals surface area (Å²) in [5.74, 6) is -0.222. The lowest BCUT2D eigenvalue weighted by molar-refractivity contribution is -0.117. The van der Waals surface area contributed by atoms with Crippen molar-refractivity contribution in [1.29, 1.82) is 0 Å². The van der Waals surface area contributed by atoms with Crippen molar-refractivity contribution in [2.45, 2.75) is 19.9 Å². The Bertz CT molecular complexity index is 1210.